The van der Waals surface area contributed by atoms with Gasteiger partial charge >= 0.3 is 5.97 Å². The van der Waals surface area contributed by atoms with Gasteiger partial charge in [-0.1, -0.05) is 0 Å². The van der Waals surface area contributed by atoms with E-state index < -0.39 is 5.97 Å². The van der Waals surface area contributed by atoms with Crippen LogP contribution in [-0.2, 0) is 6.54 Å². The first-order valence-electron chi connectivity index (χ1n) is 6.40. The molecular weight excluding hydrogens is 278 g/mol. The lowest BCUT2D eigenvalue weighted by molar-refractivity contribution is 0.0659. The second-order valence-electron chi connectivity index (χ2n) is 4.66. The summed E-state index contributed by atoms with van der Waals surface area (Å²) in [7, 11) is 0. The number of anilines is 1. The fraction of sp³-hybridized carbons (Fsp3) is 0.385. The predicted octanol–water partition coefficient (Wildman–Crippen LogP) is 1.76. The molecule has 0 saturated carbocycles. The third-order valence-corrected chi connectivity index (χ3v) is 4.23. The van der Waals surface area contributed by atoms with Gasteiger partial charge in [0.15, 0.2) is 5.13 Å². The molecule has 0 aromatic carbocycles. The summed E-state index contributed by atoms with van der Waals surface area (Å²) in [6.45, 7) is 4.22. The number of rotatable bonds is 4. The minimum atomic E-state index is -1.01. The summed E-state index contributed by atoms with van der Waals surface area (Å²) in [4.78, 5) is 19.8. The lowest BCUT2D eigenvalue weighted by Crippen LogP contribution is -2.46. The second-order valence-corrected chi connectivity index (χ2v) is 5.53. The van der Waals surface area contributed by atoms with Crippen molar-refractivity contribution >= 4 is 22.4 Å². The van der Waals surface area contributed by atoms with Gasteiger partial charge < -0.3 is 14.4 Å². The van der Waals surface area contributed by atoms with Crippen LogP contribution in [0.25, 0.3) is 0 Å². The van der Waals surface area contributed by atoms with Gasteiger partial charge in [0, 0.05) is 49.9 Å². The molecule has 3 rings (SSSR count). The molecule has 1 aliphatic heterocycles. The number of carboxylic acids is 1. The number of aromatic carboxylic acids is 1. The molecule has 0 unspecified atom stereocenters. The van der Waals surface area contributed by atoms with Crippen LogP contribution in [0.15, 0.2) is 28.3 Å². The summed E-state index contributed by atoms with van der Waals surface area (Å²) >= 11 is 1.65. The number of carboxylic acid groups (broad SMARTS) is 1. The molecule has 0 radical (unpaired) electrons. The summed E-state index contributed by atoms with van der Waals surface area (Å²) in [6, 6.07) is 1.73. The van der Waals surface area contributed by atoms with E-state index >= 15 is 0 Å². The molecule has 1 N–H and O–H groups in total. The maximum Gasteiger partial charge on any atom is 0.372 e. The van der Waals surface area contributed by atoms with Crippen LogP contribution in [0.5, 0.6) is 0 Å². The third kappa shape index (κ3) is 2.68. The van der Waals surface area contributed by atoms with Crippen molar-refractivity contribution < 1.29 is 14.3 Å². The van der Waals surface area contributed by atoms with E-state index in [4.69, 9.17) is 9.52 Å². The van der Waals surface area contributed by atoms with Crippen molar-refractivity contribution in [1.29, 1.82) is 0 Å². The number of aromatic nitrogens is 1. The van der Waals surface area contributed by atoms with Gasteiger partial charge in [-0.05, 0) is 6.07 Å². The molecule has 1 fully saturated rings. The molecule has 106 valence electrons. The van der Waals surface area contributed by atoms with Crippen LogP contribution in [-0.4, -0.2) is 47.1 Å². The highest BCUT2D eigenvalue weighted by Crippen LogP contribution is 2.20. The minimum absolute atomic E-state index is 0.0485. The van der Waals surface area contributed by atoms with Gasteiger partial charge in [0.05, 0.1) is 6.26 Å². The van der Waals surface area contributed by atoms with E-state index in [-0.39, 0.29) is 5.76 Å². The molecule has 2 aromatic rings. The number of nitrogens with zero attached hydrogens (tertiary/aromatic N) is 3. The molecule has 7 heteroatoms. The molecule has 0 atom stereocenters. The summed E-state index contributed by atoms with van der Waals surface area (Å²) < 4.78 is 5.00. The number of carbonyl (C=O) groups is 1. The first-order chi connectivity index (χ1) is 9.74. The number of furan rings is 1. The minimum Gasteiger partial charge on any atom is -0.475 e. The SMILES string of the molecule is O=C(O)c1occc1CN1CCN(c2nccs2)CC1. The highest BCUT2D eigenvalue weighted by Gasteiger charge is 2.21. The smallest absolute Gasteiger partial charge is 0.372 e. The van der Waals surface area contributed by atoms with Crippen LogP contribution < -0.4 is 4.90 Å². The van der Waals surface area contributed by atoms with E-state index in [1.807, 2.05) is 11.6 Å². The van der Waals surface area contributed by atoms with Crippen molar-refractivity contribution in [1.82, 2.24) is 9.88 Å². The normalized spacial score (nSPS) is 16.5. The van der Waals surface area contributed by atoms with E-state index in [0.717, 1.165) is 36.9 Å². The monoisotopic (exact) mass is 293 g/mol. The van der Waals surface area contributed by atoms with Crippen molar-refractivity contribution in [2.45, 2.75) is 6.54 Å². The van der Waals surface area contributed by atoms with Crippen LogP contribution in [0, 0.1) is 0 Å². The highest BCUT2D eigenvalue weighted by atomic mass is 32.1. The largest absolute Gasteiger partial charge is 0.475 e. The predicted molar refractivity (Wildman–Crippen MR) is 75.3 cm³/mol. The molecule has 3 heterocycles. The Bertz CT molecular complexity index is 573. The van der Waals surface area contributed by atoms with Crippen molar-refractivity contribution in [3.05, 3.63) is 35.2 Å². The van der Waals surface area contributed by atoms with Crippen molar-refractivity contribution in [2.24, 2.45) is 0 Å². The quantitative estimate of drug-likeness (QED) is 0.926. The third-order valence-electron chi connectivity index (χ3n) is 3.40. The average molecular weight is 293 g/mol. The van der Waals surface area contributed by atoms with Crippen molar-refractivity contribution in [2.75, 3.05) is 31.1 Å². The first kappa shape index (κ1) is 13.1. The second kappa shape index (κ2) is 5.64. The molecule has 1 saturated heterocycles. The van der Waals surface area contributed by atoms with Crippen molar-refractivity contribution in [3.8, 4) is 0 Å². The Labute approximate surface area is 120 Å². The Morgan fingerprint density at radius 3 is 2.85 bits per heavy atom. The molecule has 0 bridgehead atoms. The Hall–Kier alpha value is -1.86. The molecular formula is C13H15N3O3S. The molecule has 20 heavy (non-hydrogen) atoms. The molecule has 0 aliphatic carbocycles. The first-order valence-corrected chi connectivity index (χ1v) is 7.28. The summed E-state index contributed by atoms with van der Waals surface area (Å²) in [5.41, 5.74) is 0.736. The lowest BCUT2D eigenvalue weighted by Gasteiger charge is -2.34. The van der Waals surface area contributed by atoms with Crippen LogP contribution in [0.2, 0.25) is 0 Å². The molecule has 0 spiro atoms. The van der Waals surface area contributed by atoms with E-state index in [1.165, 1.54) is 6.26 Å². The van der Waals surface area contributed by atoms with Gasteiger partial charge in [-0.15, -0.1) is 11.3 Å². The zero-order valence-electron chi connectivity index (χ0n) is 10.9. The zero-order chi connectivity index (χ0) is 13.9. The summed E-state index contributed by atoms with van der Waals surface area (Å²) in [5, 5.41) is 12.1. The van der Waals surface area contributed by atoms with Gasteiger partial charge in [0.25, 0.3) is 0 Å². The van der Waals surface area contributed by atoms with E-state index in [2.05, 4.69) is 14.8 Å². The van der Waals surface area contributed by atoms with E-state index in [9.17, 15) is 4.79 Å². The number of hydrogen-bond donors (Lipinski definition) is 1. The van der Waals surface area contributed by atoms with Crippen LogP contribution in [0.1, 0.15) is 16.1 Å². The van der Waals surface area contributed by atoms with Gasteiger partial charge in [-0.2, -0.15) is 0 Å². The maximum absolute atomic E-state index is 11.0. The molecule has 2 aromatic heterocycles. The van der Waals surface area contributed by atoms with Gasteiger partial charge in [0.2, 0.25) is 5.76 Å². The highest BCUT2D eigenvalue weighted by molar-refractivity contribution is 7.13. The summed E-state index contributed by atoms with van der Waals surface area (Å²) in [6.07, 6.45) is 3.25. The van der Waals surface area contributed by atoms with Gasteiger partial charge in [-0.25, -0.2) is 9.78 Å². The number of thiazole rings is 1. The van der Waals surface area contributed by atoms with Crippen molar-refractivity contribution in [3.63, 3.8) is 0 Å². The molecule has 6 nitrogen and oxygen atoms in total. The fourth-order valence-corrected chi connectivity index (χ4v) is 3.05. The molecule has 1 aliphatic rings. The number of piperazine rings is 1. The Balaban J connectivity index is 1.59. The van der Waals surface area contributed by atoms with Crippen LogP contribution >= 0.6 is 11.3 Å². The number of hydrogen-bond acceptors (Lipinski definition) is 6. The Morgan fingerprint density at radius 1 is 1.40 bits per heavy atom. The Kier molecular flexibility index (Phi) is 3.70. The van der Waals surface area contributed by atoms with Gasteiger partial charge in [0.1, 0.15) is 0 Å². The van der Waals surface area contributed by atoms with Gasteiger partial charge in [-0.3, -0.25) is 4.90 Å². The van der Waals surface area contributed by atoms with E-state index in [1.54, 1.807) is 17.4 Å². The van der Waals surface area contributed by atoms with Crippen LogP contribution in [0.4, 0.5) is 5.13 Å². The van der Waals surface area contributed by atoms with Crippen LogP contribution in [0.3, 0.4) is 0 Å². The zero-order valence-corrected chi connectivity index (χ0v) is 11.7. The topological polar surface area (TPSA) is 69.8 Å². The lowest BCUT2D eigenvalue weighted by atomic mass is 10.2. The maximum atomic E-state index is 11.0. The molecule has 0 amide bonds. The standard InChI is InChI=1S/C13H15N3O3S/c17-12(18)11-10(1-7-19-11)9-15-3-5-16(6-4-15)13-14-2-8-20-13/h1-2,7-8H,3-6,9H2,(H,17,18). The Morgan fingerprint density at radius 2 is 2.20 bits per heavy atom. The fourth-order valence-electron chi connectivity index (χ4n) is 2.36. The average Bonchev–Trinajstić information content (AvgIpc) is 3.10. The summed E-state index contributed by atoms with van der Waals surface area (Å²) in [5.74, 6) is -0.959. The van der Waals surface area contributed by atoms with E-state index in [0.29, 0.717) is 6.54 Å².